The van der Waals surface area contributed by atoms with Gasteiger partial charge in [-0.3, -0.25) is 9.69 Å². The lowest BCUT2D eigenvalue weighted by atomic mass is 10.1. The van der Waals surface area contributed by atoms with Crippen molar-refractivity contribution in [2.75, 3.05) is 39.4 Å². The lowest BCUT2D eigenvalue weighted by Gasteiger charge is -2.30. The van der Waals surface area contributed by atoms with Crippen molar-refractivity contribution < 1.29 is 18.4 Å². The van der Waals surface area contributed by atoms with Crippen molar-refractivity contribution in [3.63, 3.8) is 0 Å². The highest BCUT2D eigenvalue weighted by Gasteiger charge is 2.20. The van der Waals surface area contributed by atoms with E-state index in [1.807, 2.05) is 60.4 Å². The molecule has 0 atom stereocenters. The molecule has 1 saturated heterocycles. The number of morpholine rings is 1. The fourth-order valence-corrected chi connectivity index (χ4v) is 3.48. The largest absolute Gasteiger partial charge is 0.467 e. The average Bonchev–Trinajstić information content (AvgIpc) is 3.43. The highest BCUT2D eigenvalue weighted by atomic mass is 16.5. The van der Waals surface area contributed by atoms with Crippen LogP contribution in [0.1, 0.15) is 21.9 Å². The number of hydrogen-bond donors (Lipinski definition) is 0. The van der Waals surface area contributed by atoms with E-state index in [4.69, 9.17) is 13.6 Å². The molecule has 4 rings (SSSR count). The number of carbonyl (C=O) groups excluding carboxylic acids is 1. The predicted octanol–water partition coefficient (Wildman–Crippen LogP) is 3.82. The van der Waals surface area contributed by atoms with Crippen LogP contribution in [0.5, 0.6) is 0 Å². The fourth-order valence-electron chi connectivity index (χ4n) is 3.48. The highest BCUT2D eigenvalue weighted by molar-refractivity contribution is 5.94. The smallest absolute Gasteiger partial charge is 0.254 e. The average molecular weight is 394 g/mol. The van der Waals surface area contributed by atoms with Crippen molar-refractivity contribution in [3.05, 3.63) is 71.9 Å². The first-order valence-electron chi connectivity index (χ1n) is 9.98. The summed E-state index contributed by atoms with van der Waals surface area (Å²) in [6.07, 6.45) is 1.64. The van der Waals surface area contributed by atoms with Gasteiger partial charge in [0.25, 0.3) is 5.91 Å². The fraction of sp³-hybridized carbons (Fsp3) is 0.348. The molecule has 1 aliphatic heterocycles. The summed E-state index contributed by atoms with van der Waals surface area (Å²) < 4.78 is 16.6. The lowest BCUT2D eigenvalue weighted by molar-refractivity contribution is 0.0316. The van der Waals surface area contributed by atoms with Gasteiger partial charge in [0.05, 0.1) is 26.0 Å². The molecule has 3 aromatic rings. The standard InChI is InChI=1S/C23H26N2O4/c1-18-4-9-22(29-18)19-5-7-20(8-6-19)23(26)25(17-21-3-2-14-28-21)11-10-24-12-15-27-16-13-24/h2-9,14H,10-13,15-17H2,1H3. The monoisotopic (exact) mass is 394 g/mol. The first-order chi connectivity index (χ1) is 14.2. The summed E-state index contributed by atoms with van der Waals surface area (Å²) in [7, 11) is 0. The Bertz CT molecular complexity index is 909. The van der Waals surface area contributed by atoms with Crippen molar-refractivity contribution in [2.24, 2.45) is 0 Å². The van der Waals surface area contributed by atoms with E-state index in [-0.39, 0.29) is 5.91 Å². The summed E-state index contributed by atoms with van der Waals surface area (Å²) in [4.78, 5) is 17.4. The maximum absolute atomic E-state index is 13.2. The minimum Gasteiger partial charge on any atom is -0.467 e. The number of furan rings is 2. The van der Waals surface area contributed by atoms with Crippen molar-refractivity contribution in [1.82, 2.24) is 9.80 Å². The molecule has 1 aromatic carbocycles. The number of carbonyl (C=O) groups is 1. The molecule has 0 spiro atoms. The van der Waals surface area contributed by atoms with Crippen LogP contribution in [0.4, 0.5) is 0 Å². The summed E-state index contributed by atoms with van der Waals surface area (Å²) >= 11 is 0. The van der Waals surface area contributed by atoms with Crippen molar-refractivity contribution in [3.8, 4) is 11.3 Å². The quantitative estimate of drug-likeness (QED) is 0.610. The van der Waals surface area contributed by atoms with Gasteiger partial charge in [-0.2, -0.15) is 0 Å². The Kier molecular flexibility index (Phi) is 6.12. The van der Waals surface area contributed by atoms with E-state index in [1.165, 1.54) is 0 Å². The van der Waals surface area contributed by atoms with Crippen LogP contribution in [0.25, 0.3) is 11.3 Å². The minimum atomic E-state index is -0.00293. The molecule has 2 aromatic heterocycles. The van der Waals surface area contributed by atoms with Gasteiger partial charge in [-0.25, -0.2) is 0 Å². The van der Waals surface area contributed by atoms with Crippen molar-refractivity contribution in [2.45, 2.75) is 13.5 Å². The number of nitrogens with zero attached hydrogens (tertiary/aromatic N) is 2. The van der Waals surface area contributed by atoms with Crippen LogP contribution < -0.4 is 0 Å². The number of aryl methyl sites for hydroxylation is 1. The number of ether oxygens (including phenoxy) is 1. The second-order valence-electron chi connectivity index (χ2n) is 7.25. The third-order valence-corrected chi connectivity index (χ3v) is 5.16. The van der Waals surface area contributed by atoms with Gasteiger partial charge in [0.1, 0.15) is 17.3 Å². The number of benzene rings is 1. The normalized spacial score (nSPS) is 14.8. The first kappa shape index (κ1) is 19.5. The van der Waals surface area contributed by atoms with E-state index in [9.17, 15) is 4.79 Å². The maximum Gasteiger partial charge on any atom is 0.254 e. The van der Waals surface area contributed by atoms with Crippen LogP contribution >= 0.6 is 0 Å². The van der Waals surface area contributed by atoms with E-state index in [0.29, 0.717) is 18.7 Å². The molecule has 0 bridgehead atoms. The van der Waals surface area contributed by atoms with E-state index in [1.54, 1.807) is 6.26 Å². The molecule has 0 unspecified atom stereocenters. The van der Waals surface area contributed by atoms with Gasteiger partial charge in [0.2, 0.25) is 0 Å². The van der Waals surface area contributed by atoms with Crippen LogP contribution in [0.2, 0.25) is 0 Å². The Balaban J connectivity index is 1.47. The van der Waals surface area contributed by atoms with Crippen LogP contribution in [0.15, 0.2) is 63.6 Å². The summed E-state index contributed by atoms with van der Waals surface area (Å²) in [6, 6.07) is 15.2. The molecular formula is C23H26N2O4. The Morgan fingerprint density at radius 3 is 2.52 bits per heavy atom. The van der Waals surface area contributed by atoms with Gasteiger partial charge in [0.15, 0.2) is 0 Å². The third kappa shape index (κ3) is 4.96. The highest BCUT2D eigenvalue weighted by Crippen LogP contribution is 2.23. The topological polar surface area (TPSA) is 59.1 Å². The molecule has 6 nitrogen and oxygen atoms in total. The Morgan fingerprint density at radius 2 is 1.86 bits per heavy atom. The summed E-state index contributed by atoms with van der Waals surface area (Å²) in [6.45, 7) is 7.13. The summed E-state index contributed by atoms with van der Waals surface area (Å²) in [5.74, 6) is 2.45. The van der Waals surface area contributed by atoms with Crippen LogP contribution in [-0.4, -0.2) is 55.1 Å². The third-order valence-electron chi connectivity index (χ3n) is 5.16. The van der Waals surface area contributed by atoms with Crippen LogP contribution in [0, 0.1) is 6.92 Å². The zero-order chi connectivity index (χ0) is 20.1. The van der Waals surface area contributed by atoms with Gasteiger partial charge >= 0.3 is 0 Å². The summed E-state index contributed by atoms with van der Waals surface area (Å²) in [5, 5.41) is 0. The number of amides is 1. The van der Waals surface area contributed by atoms with E-state index >= 15 is 0 Å². The molecule has 152 valence electrons. The van der Waals surface area contributed by atoms with E-state index in [2.05, 4.69) is 4.90 Å². The van der Waals surface area contributed by atoms with Crippen LogP contribution in [0.3, 0.4) is 0 Å². The SMILES string of the molecule is Cc1ccc(-c2ccc(C(=O)N(CCN3CCOCC3)Cc3ccco3)cc2)o1. The molecule has 0 radical (unpaired) electrons. The van der Waals surface area contributed by atoms with Gasteiger partial charge in [-0.1, -0.05) is 12.1 Å². The second kappa shape index (κ2) is 9.11. The molecule has 0 aliphatic carbocycles. The lowest BCUT2D eigenvalue weighted by Crippen LogP contribution is -2.42. The first-order valence-corrected chi connectivity index (χ1v) is 9.98. The number of rotatable bonds is 7. The van der Waals surface area contributed by atoms with E-state index < -0.39 is 0 Å². The van der Waals surface area contributed by atoms with Gasteiger partial charge in [-0.15, -0.1) is 0 Å². The second-order valence-corrected chi connectivity index (χ2v) is 7.25. The number of hydrogen-bond acceptors (Lipinski definition) is 5. The molecular weight excluding hydrogens is 368 g/mol. The van der Waals surface area contributed by atoms with E-state index in [0.717, 1.165) is 55.7 Å². The molecule has 6 heteroatoms. The minimum absolute atomic E-state index is 0.00293. The molecule has 0 N–H and O–H groups in total. The van der Waals surface area contributed by atoms with Gasteiger partial charge in [0, 0.05) is 37.3 Å². The molecule has 3 heterocycles. The van der Waals surface area contributed by atoms with Gasteiger partial charge in [-0.05, 0) is 43.3 Å². The Labute approximate surface area is 170 Å². The molecule has 1 aliphatic rings. The molecule has 1 amide bonds. The Morgan fingerprint density at radius 1 is 1.07 bits per heavy atom. The van der Waals surface area contributed by atoms with Gasteiger partial charge < -0.3 is 18.5 Å². The van der Waals surface area contributed by atoms with Crippen LogP contribution in [-0.2, 0) is 11.3 Å². The Hall–Kier alpha value is -2.83. The zero-order valence-electron chi connectivity index (χ0n) is 16.7. The predicted molar refractivity (Wildman–Crippen MR) is 110 cm³/mol. The summed E-state index contributed by atoms with van der Waals surface area (Å²) in [5.41, 5.74) is 1.62. The molecule has 1 fully saturated rings. The zero-order valence-corrected chi connectivity index (χ0v) is 16.7. The maximum atomic E-state index is 13.2. The van der Waals surface area contributed by atoms with Crippen molar-refractivity contribution >= 4 is 5.91 Å². The molecule has 29 heavy (non-hydrogen) atoms. The van der Waals surface area contributed by atoms with Crippen molar-refractivity contribution in [1.29, 1.82) is 0 Å². The molecule has 0 saturated carbocycles.